The molecule has 3 rings (SSSR count). The van der Waals surface area contributed by atoms with Crippen LogP contribution in [-0.2, 0) is 4.79 Å². The molecule has 1 atom stereocenters. The van der Waals surface area contributed by atoms with Gasteiger partial charge in [0.25, 0.3) is 0 Å². The second-order valence-electron chi connectivity index (χ2n) is 5.02. The van der Waals surface area contributed by atoms with Gasteiger partial charge in [-0.15, -0.1) is 0 Å². The molecule has 1 N–H and O–H groups in total. The summed E-state index contributed by atoms with van der Waals surface area (Å²) in [5.74, 6) is 0.0217. The normalized spacial score (nSPS) is 20.3. The van der Waals surface area contributed by atoms with Gasteiger partial charge in [-0.05, 0) is 24.6 Å². The monoisotopic (exact) mass is 296 g/mol. The van der Waals surface area contributed by atoms with E-state index in [-0.39, 0.29) is 11.2 Å². The standard InChI is InChI=1S/C17H16N2OS/c1-12-7-9-14(10-8-12)18-17-19-16(20)11-15(21-17)13-5-3-2-4-6-13/h2-10,15H,11H2,1H3,(H,18,19,20)/t15-/m0/s1. The lowest BCUT2D eigenvalue weighted by Gasteiger charge is -2.23. The van der Waals surface area contributed by atoms with Crippen molar-refractivity contribution in [3.8, 4) is 0 Å². The Hall–Kier alpha value is -2.07. The summed E-state index contributed by atoms with van der Waals surface area (Å²) in [4.78, 5) is 16.4. The van der Waals surface area contributed by atoms with Crippen LogP contribution in [0.15, 0.2) is 59.6 Å². The lowest BCUT2D eigenvalue weighted by molar-refractivity contribution is -0.119. The molecule has 1 fully saturated rings. The molecule has 1 saturated heterocycles. The van der Waals surface area contributed by atoms with Crippen LogP contribution < -0.4 is 5.32 Å². The Labute approximate surface area is 128 Å². The summed E-state index contributed by atoms with van der Waals surface area (Å²) in [6.07, 6.45) is 0.488. The van der Waals surface area contributed by atoms with Gasteiger partial charge in [0.05, 0.1) is 5.69 Å². The summed E-state index contributed by atoms with van der Waals surface area (Å²) in [7, 11) is 0. The van der Waals surface area contributed by atoms with Gasteiger partial charge in [0.15, 0.2) is 5.17 Å². The molecular formula is C17H16N2OS. The molecule has 3 nitrogen and oxygen atoms in total. The highest BCUT2D eigenvalue weighted by Crippen LogP contribution is 2.36. The molecule has 0 aliphatic carbocycles. The second-order valence-corrected chi connectivity index (χ2v) is 6.21. The number of thioether (sulfide) groups is 1. The van der Waals surface area contributed by atoms with E-state index in [9.17, 15) is 4.79 Å². The van der Waals surface area contributed by atoms with Crippen LogP contribution in [0.25, 0.3) is 0 Å². The number of nitrogens with zero attached hydrogens (tertiary/aromatic N) is 1. The molecular weight excluding hydrogens is 280 g/mol. The molecule has 1 amide bonds. The molecule has 4 heteroatoms. The van der Waals surface area contributed by atoms with Crippen LogP contribution in [0, 0.1) is 6.92 Å². The van der Waals surface area contributed by atoms with E-state index in [0.717, 1.165) is 11.3 Å². The number of aliphatic imine (C=N–C) groups is 1. The number of carbonyl (C=O) groups excluding carboxylic acids is 1. The highest BCUT2D eigenvalue weighted by Gasteiger charge is 2.25. The maximum Gasteiger partial charge on any atom is 0.227 e. The number of hydrogen-bond donors (Lipinski definition) is 1. The lowest BCUT2D eigenvalue weighted by atomic mass is 10.1. The van der Waals surface area contributed by atoms with Gasteiger partial charge < -0.3 is 5.32 Å². The fourth-order valence-corrected chi connectivity index (χ4v) is 3.32. The van der Waals surface area contributed by atoms with Crippen molar-refractivity contribution < 1.29 is 4.79 Å². The van der Waals surface area contributed by atoms with Crippen LogP contribution in [0.1, 0.15) is 22.8 Å². The summed E-state index contributed by atoms with van der Waals surface area (Å²) >= 11 is 1.61. The van der Waals surface area contributed by atoms with E-state index in [1.54, 1.807) is 11.8 Å². The minimum absolute atomic E-state index is 0.0217. The molecule has 0 radical (unpaired) electrons. The van der Waals surface area contributed by atoms with E-state index in [1.165, 1.54) is 5.56 Å². The summed E-state index contributed by atoms with van der Waals surface area (Å²) in [6, 6.07) is 18.0. The number of rotatable bonds is 2. The SMILES string of the molecule is Cc1ccc(N=C2NC(=O)C[C@@H](c3ccccc3)S2)cc1. The molecule has 106 valence electrons. The number of aryl methyl sites for hydroxylation is 1. The van der Waals surface area contributed by atoms with Gasteiger partial charge in [0.1, 0.15) is 0 Å². The van der Waals surface area contributed by atoms with Crippen molar-refractivity contribution in [2.24, 2.45) is 4.99 Å². The third-order valence-corrected chi connectivity index (χ3v) is 4.45. The summed E-state index contributed by atoms with van der Waals surface area (Å²) in [6.45, 7) is 2.04. The quantitative estimate of drug-likeness (QED) is 0.911. The summed E-state index contributed by atoms with van der Waals surface area (Å²) in [5, 5.41) is 3.65. The highest BCUT2D eigenvalue weighted by molar-refractivity contribution is 8.14. The van der Waals surface area contributed by atoms with Crippen LogP contribution in [0.3, 0.4) is 0 Å². The average Bonchev–Trinajstić information content (AvgIpc) is 2.50. The molecule has 1 aliphatic heterocycles. The zero-order valence-electron chi connectivity index (χ0n) is 11.7. The van der Waals surface area contributed by atoms with E-state index in [1.807, 2.05) is 49.4 Å². The van der Waals surface area contributed by atoms with E-state index < -0.39 is 0 Å². The first-order valence-corrected chi connectivity index (χ1v) is 7.75. The van der Waals surface area contributed by atoms with Crippen LogP contribution in [0.5, 0.6) is 0 Å². The van der Waals surface area contributed by atoms with Crippen molar-refractivity contribution in [2.45, 2.75) is 18.6 Å². The van der Waals surface area contributed by atoms with Crippen molar-refractivity contribution >= 4 is 28.5 Å². The van der Waals surface area contributed by atoms with Crippen LogP contribution >= 0.6 is 11.8 Å². The first-order chi connectivity index (χ1) is 10.2. The average molecular weight is 296 g/mol. The van der Waals surface area contributed by atoms with Gasteiger partial charge in [-0.25, -0.2) is 4.99 Å². The summed E-state index contributed by atoms with van der Waals surface area (Å²) in [5.41, 5.74) is 3.22. The number of amidine groups is 1. The molecule has 2 aromatic carbocycles. The minimum Gasteiger partial charge on any atom is -0.305 e. The van der Waals surface area contributed by atoms with Gasteiger partial charge in [0.2, 0.25) is 5.91 Å². The first kappa shape index (κ1) is 13.9. The number of amides is 1. The topological polar surface area (TPSA) is 41.5 Å². The zero-order valence-corrected chi connectivity index (χ0v) is 12.6. The largest absolute Gasteiger partial charge is 0.305 e. The summed E-state index contributed by atoms with van der Waals surface area (Å²) < 4.78 is 0. The van der Waals surface area contributed by atoms with E-state index in [2.05, 4.69) is 22.4 Å². The molecule has 0 bridgehead atoms. The maximum atomic E-state index is 11.9. The Morgan fingerprint density at radius 2 is 1.81 bits per heavy atom. The van der Waals surface area contributed by atoms with Crippen molar-refractivity contribution in [2.75, 3.05) is 0 Å². The molecule has 0 unspecified atom stereocenters. The van der Waals surface area contributed by atoms with E-state index >= 15 is 0 Å². The van der Waals surface area contributed by atoms with Gasteiger partial charge in [-0.1, -0.05) is 59.8 Å². The van der Waals surface area contributed by atoms with Crippen LogP contribution in [-0.4, -0.2) is 11.1 Å². The van der Waals surface area contributed by atoms with Crippen molar-refractivity contribution in [3.63, 3.8) is 0 Å². The van der Waals surface area contributed by atoms with E-state index in [0.29, 0.717) is 11.6 Å². The smallest absolute Gasteiger partial charge is 0.227 e. The van der Waals surface area contributed by atoms with Gasteiger partial charge in [0, 0.05) is 11.7 Å². The number of hydrogen-bond acceptors (Lipinski definition) is 3. The lowest BCUT2D eigenvalue weighted by Crippen LogP contribution is -2.34. The van der Waals surface area contributed by atoms with E-state index in [4.69, 9.17) is 0 Å². The van der Waals surface area contributed by atoms with Gasteiger partial charge >= 0.3 is 0 Å². The molecule has 0 saturated carbocycles. The Morgan fingerprint density at radius 1 is 1.10 bits per heavy atom. The molecule has 1 aliphatic rings. The number of carbonyl (C=O) groups is 1. The van der Waals surface area contributed by atoms with Gasteiger partial charge in [-0.3, -0.25) is 4.79 Å². The molecule has 1 heterocycles. The zero-order chi connectivity index (χ0) is 14.7. The molecule has 2 aromatic rings. The van der Waals surface area contributed by atoms with Crippen LogP contribution in [0.2, 0.25) is 0 Å². The maximum absolute atomic E-state index is 11.9. The molecule has 0 aromatic heterocycles. The van der Waals surface area contributed by atoms with Gasteiger partial charge in [-0.2, -0.15) is 0 Å². The Kier molecular flexibility index (Phi) is 4.06. The fourth-order valence-electron chi connectivity index (χ4n) is 2.19. The predicted octanol–water partition coefficient (Wildman–Crippen LogP) is 3.98. The minimum atomic E-state index is 0.0217. The Morgan fingerprint density at radius 3 is 2.52 bits per heavy atom. The molecule has 21 heavy (non-hydrogen) atoms. The first-order valence-electron chi connectivity index (χ1n) is 6.87. The second kappa shape index (κ2) is 6.14. The number of benzene rings is 2. The highest BCUT2D eigenvalue weighted by atomic mass is 32.2. The third-order valence-electron chi connectivity index (χ3n) is 3.31. The Balaban J connectivity index is 1.83. The Bertz CT molecular complexity index is 665. The van der Waals surface area contributed by atoms with Crippen molar-refractivity contribution in [1.29, 1.82) is 0 Å². The fraction of sp³-hybridized carbons (Fsp3) is 0.176. The predicted molar refractivity (Wildman–Crippen MR) is 87.8 cm³/mol. The van der Waals surface area contributed by atoms with Crippen molar-refractivity contribution in [3.05, 3.63) is 65.7 Å². The number of nitrogens with one attached hydrogen (secondary N) is 1. The molecule has 0 spiro atoms. The van der Waals surface area contributed by atoms with Crippen LogP contribution in [0.4, 0.5) is 5.69 Å². The van der Waals surface area contributed by atoms with Crippen molar-refractivity contribution in [1.82, 2.24) is 5.32 Å². The third kappa shape index (κ3) is 3.52.